The molecule has 3 nitrogen and oxygen atoms in total. The van der Waals surface area contributed by atoms with Crippen molar-refractivity contribution in [3.8, 4) is 0 Å². The molecule has 0 aromatic heterocycles. The van der Waals surface area contributed by atoms with Gasteiger partial charge in [-0.1, -0.05) is 28.1 Å². The quantitative estimate of drug-likeness (QED) is 0.605. The van der Waals surface area contributed by atoms with Crippen molar-refractivity contribution in [2.24, 2.45) is 0 Å². The van der Waals surface area contributed by atoms with E-state index in [2.05, 4.69) is 15.9 Å². The molecule has 0 amide bonds. The summed E-state index contributed by atoms with van der Waals surface area (Å²) in [4.78, 5) is 10.1. The highest BCUT2D eigenvalue weighted by Gasteiger charge is 2.12. The van der Waals surface area contributed by atoms with Gasteiger partial charge >= 0.3 is 0 Å². The minimum absolute atomic E-state index is 0.263. The molecule has 1 aromatic carbocycles. The Balaban J connectivity index is 2.69. The maximum atomic E-state index is 10.4. The second-order valence-electron chi connectivity index (χ2n) is 2.97. The fourth-order valence-corrected chi connectivity index (χ4v) is 1.53. The average Bonchev–Trinajstić information content (AvgIpc) is 2.04. The monoisotopic (exact) mass is 243 g/mol. The molecule has 0 aliphatic heterocycles. The lowest BCUT2D eigenvalue weighted by molar-refractivity contribution is -0.517. The Kier molecular flexibility index (Phi) is 3.42. The van der Waals surface area contributed by atoms with Gasteiger partial charge in [0.05, 0.1) is 0 Å². The Morgan fingerprint density at radius 1 is 1.62 bits per heavy atom. The van der Waals surface area contributed by atoms with Crippen LogP contribution in [-0.2, 0) is 6.42 Å². The summed E-state index contributed by atoms with van der Waals surface area (Å²) in [6.45, 7) is 1.61. The van der Waals surface area contributed by atoms with E-state index in [0.29, 0.717) is 6.42 Å². The maximum absolute atomic E-state index is 10.4. The molecule has 0 aliphatic rings. The van der Waals surface area contributed by atoms with Gasteiger partial charge in [0.15, 0.2) is 0 Å². The molecular formula is C9H10BrNO2. The second-order valence-corrected chi connectivity index (χ2v) is 3.88. The number of hydrogen-bond donors (Lipinski definition) is 0. The van der Waals surface area contributed by atoms with Crippen LogP contribution in [0.3, 0.4) is 0 Å². The maximum Gasteiger partial charge on any atom is 0.214 e. The number of nitro groups is 1. The van der Waals surface area contributed by atoms with Crippen LogP contribution in [0, 0.1) is 10.1 Å². The van der Waals surface area contributed by atoms with E-state index in [1.165, 1.54) is 0 Å². The number of hydrogen-bond acceptors (Lipinski definition) is 2. The van der Waals surface area contributed by atoms with Gasteiger partial charge in [0.1, 0.15) is 0 Å². The molecule has 0 heterocycles. The molecule has 1 rings (SSSR count). The largest absolute Gasteiger partial charge is 0.264 e. The SMILES string of the molecule is CC(Cc1cccc(Br)c1)[N+](=O)[O-]. The predicted molar refractivity (Wildman–Crippen MR) is 54.3 cm³/mol. The van der Waals surface area contributed by atoms with Gasteiger partial charge in [-0.25, -0.2) is 0 Å². The molecule has 1 unspecified atom stereocenters. The Hall–Kier alpha value is -0.900. The first-order chi connectivity index (χ1) is 6.09. The molecular weight excluding hydrogens is 234 g/mol. The van der Waals surface area contributed by atoms with Gasteiger partial charge in [-0.2, -0.15) is 0 Å². The summed E-state index contributed by atoms with van der Waals surface area (Å²) in [5, 5.41) is 10.4. The zero-order valence-electron chi connectivity index (χ0n) is 7.24. The average molecular weight is 244 g/mol. The van der Waals surface area contributed by atoms with Gasteiger partial charge in [-0.05, 0) is 17.7 Å². The lowest BCUT2D eigenvalue weighted by atomic mass is 10.1. The van der Waals surface area contributed by atoms with Crippen molar-refractivity contribution in [3.63, 3.8) is 0 Å². The van der Waals surface area contributed by atoms with E-state index in [-0.39, 0.29) is 4.92 Å². The summed E-state index contributed by atoms with van der Waals surface area (Å²) in [5.41, 5.74) is 0.985. The topological polar surface area (TPSA) is 43.1 Å². The Morgan fingerprint density at radius 2 is 2.31 bits per heavy atom. The molecule has 70 valence electrons. The fourth-order valence-electron chi connectivity index (χ4n) is 1.08. The van der Waals surface area contributed by atoms with E-state index in [9.17, 15) is 10.1 Å². The third-order valence-electron chi connectivity index (χ3n) is 1.78. The summed E-state index contributed by atoms with van der Waals surface area (Å²) in [7, 11) is 0. The van der Waals surface area contributed by atoms with E-state index in [0.717, 1.165) is 10.0 Å². The van der Waals surface area contributed by atoms with Crippen molar-refractivity contribution in [1.29, 1.82) is 0 Å². The molecule has 0 spiro atoms. The molecule has 13 heavy (non-hydrogen) atoms. The van der Waals surface area contributed by atoms with E-state index in [1.807, 2.05) is 24.3 Å². The number of benzene rings is 1. The van der Waals surface area contributed by atoms with Crippen LogP contribution in [0.15, 0.2) is 28.7 Å². The summed E-state index contributed by atoms with van der Waals surface area (Å²) < 4.78 is 0.959. The second kappa shape index (κ2) is 4.37. The van der Waals surface area contributed by atoms with Gasteiger partial charge < -0.3 is 0 Å². The fraction of sp³-hybridized carbons (Fsp3) is 0.333. The Bertz CT molecular complexity index is 314. The van der Waals surface area contributed by atoms with Crippen LogP contribution >= 0.6 is 15.9 Å². The van der Waals surface area contributed by atoms with Crippen LogP contribution in [0.4, 0.5) is 0 Å². The molecule has 4 heteroatoms. The number of halogens is 1. The smallest absolute Gasteiger partial charge is 0.214 e. The van der Waals surface area contributed by atoms with Gasteiger partial charge in [0.2, 0.25) is 6.04 Å². The molecule has 1 atom stereocenters. The predicted octanol–water partition coefficient (Wildman–Crippen LogP) is 2.66. The van der Waals surface area contributed by atoms with Crippen molar-refractivity contribution in [1.82, 2.24) is 0 Å². The molecule has 0 N–H and O–H groups in total. The van der Waals surface area contributed by atoms with Crippen LogP contribution in [0.5, 0.6) is 0 Å². The molecule has 0 radical (unpaired) electrons. The highest BCUT2D eigenvalue weighted by atomic mass is 79.9. The molecule has 1 aromatic rings. The van der Waals surface area contributed by atoms with Crippen molar-refractivity contribution >= 4 is 15.9 Å². The van der Waals surface area contributed by atoms with Gasteiger partial charge in [-0.15, -0.1) is 0 Å². The zero-order valence-corrected chi connectivity index (χ0v) is 8.82. The van der Waals surface area contributed by atoms with Crippen molar-refractivity contribution in [3.05, 3.63) is 44.4 Å². The van der Waals surface area contributed by atoms with Crippen LogP contribution in [0.2, 0.25) is 0 Å². The summed E-state index contributed by atoms with van der Waals surface area (Å²) >= 11 is 3.32. The van der Waals surface area contributed by atoms with Crippen molar-refractivity contribution in [2.45, 2.75) is 19.4 Å². The highest BCUT2D eigenvalue weighted by Crippen LogP contribution is 2.13. The minimum Gasteiger partial charge on any atom is -0.264 e. The zero-order chi connectivity index (χ0) is 9.84. The molecule has 0 saturated carbocycles. The van der Waals surface area contributed by atoms with E-state index in [1.54, 1.807) is 6.92 Å². The van der Waals surface area contributed by atoms with Crippen molar-refractivity contribution in [2.75, 3.05) is 0 Å². The van der Waals surface area contributed by atoms with E-state index < -0.39 is 6.04 Å². The molecule has 0 saturated heterocycles. The lowest BCUT2D eigenvalue weighted by Gasteiger charge is -2.03. The Morgan fingerprint density at radius 3 is 2.85 bits per heavy atom. The first-order valence-electron chi connectivity index (χ1n) is 3.97. The lowest BCUT2D eigenvalue weighted by Crippen LogP contribution is -2.17. The summed E-state index contributed by atoms with van der Waals surface area (Å²) in [5.74, 6) is 0. The van der Waals surface area contributed by atoms with Gasteiger partial charge in [-0.3, -0.25) is 10.1 Å². The van der Waals surface area contributed by atoms with E-state index >= 15 is 0 Å². The first-order valence-corrected chi connectivity index (χ1v) is 4.77. The molecule has 0 fully saturated rings. The Labute approximate surface area is 85.0 Å². The van der Waals surface area contributed by atoms with Gasteiger partial charge in [0.25, 0.3) is 0 Å². The van der Waals surface area contributed by atoms with Crippen LogP contribution in [0.25, 0.3) is 0 Å². The van der Waals surface area contributed by atoms with Crippen LogP contribution < -0.4 is 0 Å². The third-order valence-corrected chi connectivity index (χ3v) is 2.27. The summed E-state index contributed by atoms with van der Waals surface area (Å²) in [6.07, 6.45) is 0.479. The first kappa shape index (κ1) is 10.2. The number of rotatable bonds is 3. The number of nitrogens with zero attached hydrogens (tertiary/aromatic N) is 1. The van der Waals surface area contributed by atoms with Crippen LogP contribution in [0.1, 0.15) is 12.5 Å². The highest BCUT2D eigenvalue weighted by molar-refractivity contribution is 9.10. The van der Waals surface area contributed by atoms with Crippen molar-refractivity contribution < 1.29 is 4.92 Å². The minimum atomic E-state index is -0.519. The molecule has 0 aliphatic carbocycles. The molecule has 0 bridgehead atoms. The van der Waals surface area contributed by atoms with E-state index in [4.69, 9.17) is 0 Å². The van der Waals surface area contributed by atoms with Gasteiger partial charge in [0, 0.05) is 22.7 Å². The standard InChI is InChI=1S/C9H10BrNO2/c1-7(11(12)13)5-8-3-2-4-9(10)6-8/h2-4,6-7H,5H2,1H3. The van der Waals surface area contributed by atoms with Crippen LogP contribution in [-0.4, -0.2) is 11.0 Å². The normalized spacial score (nSPS) is 12.5. The third kappa shape index (κ3) is 3.14. The summed E-state index contributed by atoms with van der Waals surface area (Å²) in [6, 6.07) is 7.06.